The van der Waals surface area contributed by atoms with E-state index in [1.165, 1.54) is 12.4 Å². The molecule has 31 heavy (non-hydrogen) atoms. The molecule has 4 N–H and O–H groups in total. The molecule has 0 unspecified atom stereocenters. The molecule has 0 aliphatic heterocycles. The second-order valence-electron chi connectivity index (χ2n) is 6.76. The number of hydrogen-bond donors (Lipinski definition) is 3. The zero-order valence-electron chi connectivity index (χ0n) is 16.1. The third-order valence-corrected chi connectivity index (χ3v) is 4.86. The third-order valence-electron chi connectivity index (χ3n) is 4.53. The molecule has 6 nitrogen and oxygen atoms in total. The van der Waals surface area contributed by atoms with E-state index in [0.29, 0.717) is 11.5 Å². The van der Waals surface area contributed by atoms with Crippen molar-refractivity contribution in [3.05, 3.63) is 71.1 Å². The van der Waals surface area contributed by atoms with Crippen molar-refractivity contribution in [1.29, 1.82) is 0 Å². The van der Waals surface area contributed by atoms with Crippen LogP contribution in [0.2, 0.25) is 5.02 Å². The minimum Gasteiger partial charge on any atom is -0.393 e. The van der Waals surface area contributed by atoms with Crippen molar-refractivity contribution in [2.45, 2.75) is 13.1 Å². The van der Waals surface area contributed by atoms with Gasteiger partial charge >= 0.3 is 6.18 Å². The number of aryl methyl sites for hydroxylation is 1. The molecular formula is C21H16ClF3N6. The van der Waals surface area contributed by atoms with Crippen LogP contribution in [0.5, 0.6) is 0 Å². The van der Waals surface area contributed by atoms with Gasteiger partial charge in [0.25, 0.3) is 0 Å². The maximum Gasteiger partial charge on any atom is 0.417 e. The molecular weight excluding hydrogens is 429 g/mol. The van der Waals surface area contributed by atoms with Crippen LogP contribution < -0.4 is 16.4 Å². The lowest BCUT2D eigenvalue weighted by atomic mass is 10.1. The molecule has 0 amide bonds. The molecule has 0 saturated carbocycles. The van der Waals surface area contributed by atoms with E-state index in [0.717, 1.165) is 28.7 Å². The molecule has 4 aromatic rings. The van der Waals surface area contributed by atoms with Crippen LogP contribution in [0.15, 0.2) is 54.9 Å². The Labute approximate surface area is 180 Å². The summed E-state index contributed by atoms with van der Waals surface area (Å²) in [5, 5.41) is 6.47. The van der Waals surface area contributed by atoms with Gasteiger partial charge in [-0.05, 0) is 37.3 Å². The van der Waals surface area contributed by atoms with E-state index in [4.69, 9.17) is 17.3 Å². The van der Waals surface area contributed by atoms with E-state index in [1.807, 2.05) is 37.3 Å². The van der Waals surface area contributed by atoms with Gasteiger partial charge in [0.15, 0.2) is 11.6 Å². The highest BCUT2D eigenvalue weighted by atomic mass is 35.5. The molecule has 4 rings (SSSR count). The standard InChI is InChI=1S/C21H16ClF3N6/c1-11-5-6-12-3-2-4-16(18(12)29-11)31-20-17(26)19(27-10-28-20)30-13-7-8-15(22)14(9-13)21(23,24)25/h2-10H,26H2,1H3,(H2,27,28,30,31). The summed E-state index contributed by atoms with van der Waals surface area (Å²) < 4.78 is 39.4. The predicted molar refractivity (Wildman–Crippen MR) is 116 cm³/mol. The minimum absolute atomic E-state index is 0.135. The second-order valence-corrected chi connectivity index (χ2v) is 7.16. The highest BCUT2D eigenvalue weighted by Crippen LogP contribution is 2.37. The molecule has 0 aliphatic rings. The summed E-state index contributed by atoms with van der Waals surface area (Å²) >= 11 is 5.68. The van der Waals surface area contributed by atoms with E-state index in [2.05, 4.69) is 25.6 Å². The summed E-state index contributed by atoms with van der Waals surface area (Å²) in [5.74, 6) is 0.440. The largest absolute Gasteiger partial charge is 0.417 e. The van der Waals surface area contributed by atoms with E-state index < -0.39 is 16.8 Å². The number of benzene rings is 2. The van der Waals surface area contributed by atoms with Gasteiger partial charge in [0, 0.05) is 16.8 Å². The van der Waals surface area contributed by atoms with E-state index in [9.17, 15) is 13.2 Å². The van der Waals surface area contributed by atoms with E-state index >= 15 is 0 Å². The average molecular weight is 445 g/mol. The first kappa shape index (κ1) is 20.7. The maximum atomic E-state index is 13.1. The first-order chi connectivity index (χ1) is 14.7. The van der Waals surface area contributed by atoms with Crippen LogP contribution in [-0.4, -0.2) is 15.0 Å². The molecule has 0 spiro atoms. The van der Waals surface area contributed by atoms with Crippen LogP contribution in [0.1, 0.15) is 11.3 Å². The number of aromatic nitrogens is 3. The summed E-state index contributed by atoms with van der Waals surface area (Å²) in [6.07, 6.45) is -3.33. The Balaban J connectivity index is 1.67. The Kier molecular flexibility index (Phi) is 5.28. The summed E-state index contributed by atoms with van der Waals surface area (Å²) in [7, 11) is 0. The highest BCUT2D eigenvalue weighted by Gasteiger charge is 2.33. The van der Waals surface area contributed by atoms with Gasteiger partial charge < -0.3 is 16.4 Å². The van der Waals surface area contributed by atoms with Gasteiger partial charge in [-0.2, -0.15) is 13.2 Å². The summed E-state index contributed by atoms with van der Waals surface area (Å²) in [4.78, 5) is 12.8. The van der Waals surface area contributed by atoms with Crippen molar-refractivity contribution in [3.8, 4) is 0 Å². The Hall–Kier alpha value is -3.59. The molecule has 0 saturated heterocycles. The SMILES string of the molecule is Cc1ccc2cccc(Nc3ncnc(Nc4ccc(Cl)c(C(F)(F)F)c4)c3N)c2n1. The third kappa shape index (κ3) is 4.31. The van der Waals surface area contributed by atoms with Crippen molar-refractivity contribution in [2.24, 2.45) is 0 Å². The molecule has 0 radical (unpaired) electrons. The van der Waals surface area contributed by atoms with Crippen LogP contribution >= 0.6 is 11.6 Å². The van der Waals surface area contributed by atoms with Gasteiger partial charge in [0.2, 0.25) is 0 Å². The van der Waals surface area contributed by atoms with E-state index in [-0.39, 0.29) is 17.2 Å². The number of anilines is 5. The Bertz CT molecular complexity index is 1280. The van der Waals surface area contributed by atoms with Gasteiger partial charge in [-0.1, -0.05) is 29.8 Å². The maximum absolute atomic E-state index is 13.1. The fourth-order valence-corrected chi connectivity index (χ4v) is 3.25. The monoisotopic (exact) mass is 444 g/mol. The first-order valence-electron chi connectivity index (χ1n) is 9.10. The zero-order chi connectivity index (χ0) is 22.2. The van der Waals surface area contributed by atoms with Crippen LogP contribution in [-0.2, 0) is 6.18 Å². The van der Waals surface area contributed by atoms with Gasteiger partial charge in [-0.15, -0.1) is 0 Å². The molecule has 0 aliphatic carbocycles. The number of fused-ring (bicyclic) bond motifs is 1. The number of alkyl halides is 3. The Morgan fingerprint density at radius 1 is 0.968 bits per heavy atom. The van der Waals surface area contributed by atoms with Crippen molar-refractivity contribution < 1.29 is 13.2 Å². The molecule has 10 heteroatoms. The quantitative estimate of drug-likeness (QED) is 0.354. The number of nitrogens with zero attached hydrogens (tertiary/aromatic N) is 3. The van der Waals surface area contributed by atoms with Crippen molar-refractivity contribution in [1.82, 2.24) is 15.0 Å². The number of pyridine rings is 1. The van der Waals surface area contributed by atoms with Crippen LogP contribution in [0, 0.1) is 6.92 Å². The first-order valence-corrected chi connectivity index (χ1v) is 9.48. The Morgan fingerprint density at radius 3 is 2.45 bits per heavy atom. The lowest BCUT2D eigenvalue weighted by Crippen LogP contribution is -2.08. The molecule has 2 aromatic heterocycles. The predicted octanol–water partition coefficient (Wildman–Crippen LogP) is 6.07. The number of hydrogen-bond acceptors (Lipinski definition) is 6. The lowest BCUT2D eigenvalue weighted by molar-refractivity contribution is -0.137. The van der Waals surface area contributed by atoms with Gasteiger partial charge in [-0.25, -0.2) is 9.97 Å². The fraction of sp³-hybridized carbons (Fsp3) is 0.0952. The van der Waals surface area contributed by atoms with Crippen molar-refractivity contribution in [3.63, 3.8) is 0 Å². The molecule has 0 bridgehead atoms. The number of nitrogen functional groups attached to an aromatic ring is 1. The second kappa shape index (κ2) is 7.92. The van der Waals surface area contributed by atoms with Crippen LogP contribution in [0.4, 0.5) is 41.9 Å². The summed E-state index contributed by atoms with van der Waals surface area (Å²) in [5.41, 5.74) is 7.77. The molecule has 2 aromatic carbocycles. The smallest absolute Gasteiger partial charge is 0.393 e. The van der Waals surface area contributed by atoms with Crippen LogP contribution in [0.25, 0.3) is 10.9 Å². The number of halogens is 4. The van der Waals surface area contributed by atoms with Crippen LogP contribution in [0.3, 0.4) is 0 Å². The summed E-state index contributed by atoms with van der Waals surface area (Å²) in [6, 6.07) is 13.0. The van der Waals surface area contributed by atoms with Gasteiger partial charge in [0.05, 0.1) is 21.8 Å². The molecule has 158 valence electrons. The topological polar surface area (TPSA) is 88.8 Å². The highest BCUT2D eigenvalue weighted by molar-refractivity contribution is 6.31. The van der Waals surface area contributed by atoms with Crippen molar-refractivity contribution >= 4 is 51.2 Å². The number of rotatable bonds is 4. The lowest BCUT2D eigenvalue weighted by Gasteiger charge is -2.15. The minimum atomic E-state index is -4.59. The average Bonchev–Trinajstić information content (AvgIpc) is 2.72. The normalized spacial score (nSPS) is 11.5. The van der Waals surface area contributed by atoms with Crippen molar-refractivity contribution in [2.75, 3.05) is 16.4 Å². The molecule has 0 atom stereocenters. The molecule has 0 fully saturated rings. The van der Waals surface area contributed by atoms with E-state index in [1.54, 1.807) is 0 Å². The number of para-hydroxylation sites is 1. The number of nitrogens with one attached hydrogen (secondary N) is 2. The summed E-state index contributed by atoms with van der Waals surface area (Å²) in [6.45, 7) is 1.89. The van der Waals surface area contributed by atoms with Gasteiger partial charge in [0.1, 0.15) is 12.0 Å². The Morgan fingerprint density at radius 2 is 1.71 bits per heavy atom. The number of nitrogens with two attached hydrogens (primary N) is 1. The fourth-order valence-electron chi connectivity index (χ4n) is 3.02. The zero-order valence-corrected chi connectivity index (χ0v) is 16.9. The van der Waals surface area contributed by atoms with Gasteiger partial charge in [-0.3, -0.25) is 4.98 Å². The molecule has 2 heterocycles.